The minimum absolute atomic E-state index is 0.898. The molecule has 4 heteroatoms. The second-order valence-electron chi connectivity index (χ2n) is 5.37. The molecule has 1 aromatic heterocycles. The number of hydrogen-bond acceptors (Lipinski definition) is 3. The van der Waals surface area contributed by atoms with Crippen LogP contribution >= 0.6 is 0 Å². The highest BCUT2D eigenvalue weighted by Crippen LogP contribution is 2.22. The van der Waals surface area contributed by atoms with Gasteiger partial charge in [0.25, 0.3) is 0 Å². The molecule has 2 rings (SSSR count). The minimum atomic E-state index is 0.898. The Kier molecular flexibility index (Phi) is 5.20. The number of aryl methyl sites for hydroxylation is 1. The van der Waals surface area contributed by atoms with E-state index in [2.05, 4.69) is 21.8 Å². The third kappa shape index (κ3) is 4.10. The highest BCUT2D eigenvalue weighted by atomic mass is 16.5. The summed E-state index contributed by atoms with van der Waals surface area (Å²) in [6.07, 6.45) is 7.08. The predicted octanol–water partition coefficient (Wildman–Crippen LogP) is 2.36. The van der Waals surface area contributed by atoms with Crippen LogP contribution in [0.4, 0.5) is 0 Å². The minimum Gasteiger partial charge on any atom is -0.385 e. The van der Waals surface area contributed by atoms with Gasteiger partial charge in [-0.1, -0.05) is 0 Å². The maximum atomic E-state index is 5.11. The molecule has 0 bridgehead atoms. The van der Waals surface area contributed by atoms with Gasteiger partial charge in [0, 0.05) is 25.6 Å². The summed E-state index contributed by atoms with van der Waals surface area (Å²) < 4.78 is 5.11. The van der Waals surface area contributed by atoms with Gasteiger partial charge in [-0.15, -0.1) is 0 Å². The molecule has 0 aliphatic carbocycles. The van der Waals surface area contributed by atoms with E-state index in [1.807, 2.05) is 6.20 Å². The molecule has 0 spiro atoms. The summed E-state index contributed by atoms with van der Waals surface area (Å²) in [5, 5.41) is 0. The zero-order valence-electron chi connectivity index (χ0n) is 11.6. The van der Waals surface area contributed by atoms with Crippen LogP contribution in [0.2, 0.25) is 0 Å². The van der Waals surface area contributed by atoms with E-state index < -0.39 is 0 Å². The molecular formula is C14H25N3O. The van der Waals surface area contributed by atoms with E-state index in [-0.39, 0.29) is 0 Å². The van der Waals surface area contributed by atoms with Crippen molar-refractivity contribution in [2.75, 3.05) is 26.8 Å². The summed E-state index contributed by atoms with van der Waals surface area (Å²) >= 11 is 0. The third-order valence-corrected chi connectivity index (χ3v) is 3.80. The Labute approximate surface area is 110 Å². The largest absolute Gasteiger partial charge is 0.385 e. The summed E-state index contributed by atoms with van der Waals surface area (Å²) in [7, 11) is 1.79. The molecule has 0 unspecified atom stereocenters. The van der Waals surface area contributed by atoms with Crippen molar-refractivity contribution in [2.24, 2.45) is 5.92 Å². The van der Waals surface area contributed by atoms with Crippen molar-refractivity contribution in [2.45, 2.75) is 39.2 Å². The number of aromatic amines is 1. The molecule has 0 atom stereocenters. The highest BCUT2D eigenvalue weighted by molar-refractivity contribution is 4.98. The fourth-order valence-corrected chi connectivity index (χ4v) is 2.71. The van der Waals surface area contributed by atoms with Crippen molar-refractivity contribution in [1.82, 2.24) is 14.9 Å². The topological polar surface area (TPSA) is 41.1 Å². The number of ether oxygens (including phenoxy) is 1. The normalized spacial score (nSPS) is 18.3. The first-order valence-electron chi connectivity index (χ1n) is 6.99. The van der Waals surface area contributed by atoms with Gasteiger partial charge >= 0.3 is 0 Å². The van der Waals surface area contributed by atoms with E-state index in [4.69, 9.17) is 4.74 Å². The van der Waals surface area contributed by atoms with Gasteiger partial charge in [-0.2, -0.15) is 0 Å². The first-order chi connectivity index (χ1) is 8.78. The van der Waals surface area contributed by atoms with Crippen LogP contribution in [0.25, 0.3) is 0 Å². The third-order valence-electron chi connectivity index (χ3n) is 3.80. The molecule has 0 saturated carbocycles. The van der Waals surface area contributed by atoms with Crippen LogP contribution in [0.15, 0.2) is 6.20 Å². The van der Waals surface area contributed by atoms with Crippen LogP contribution in [-0.2, 0) is 11.3 Å². The zero-order chi connectivity index (χ0) is 12.8. The number of methoxy groups -OCH3 is 1. The van der Waals surface area contributed by atoms with E-state index >= 15 is 0 Å². The van der Waals surface area contributed by atoms with Crippen molar-refractivity contribution in [1.29, 1.82) is 0 Å². The van der Waals surface area contributed by atoms with Gasteiger partial charge < -0.3 is 9.72 Å². The lowest BCUT2D eigenvalue weighted by atomic mass is 9.92. The maximum Gasteiger partial charge on any atom is 0.120 e. The summed E-state index contributed by atoms with van der Waals surface area (Å²) in [6.45, 7) is 6.35. The molecule has 0 aromatic carbocycles. The van der Waals surface area contributed by atoms with Gasteiger partial charge in [0.05, 0.1) is 6.54 Å². The van der Waals surface area contributed by atoms with Gasteiger partial charge in [0.15, 0.2) is 0 Å². The number of aromatic nitrogens is 2. The molecule has 1 N–H and O–H groups in total. The van der Waals surface area contributed by atoms with Crippen LogP contribution in [-0.4, -0.2) is 41.7 Å². The Bertz CT molecular complexity index is 343. The zero-order valence-corrected chi connectivity index (χ0v) is 11.6. The summed E-state index contributed by atoms with van der Waals surface area (Å²) in [5.74, 6) is 2.00. The van der Waals surface area contributed by atoms with Crippen LogP contribution < -0.4 is 0 Å². The monoisotopic (exact) mass is 251 g/mol. The summed E-state index contributed by atoms with van der Waals surface area (Å²) in [4.78, 5) is 10.2. The van der Waals surface area contributed by atoms with Gasteiger partial charge in [0.2, 0.25) is 0 Å². The molecule has 102 valence electrons. The molecule has 18 heavy (non-hydrogen) atoms. The fourth-order valence-electron chi connectivity index (χ4n) is 2.71. The lowest BCUT2D eigenvalue weighted by molar-refractivity contribution is 0.149. The van der Waals surface area contributed by atoms with E-state index in [9.17, 15) is 0 Å². The lowest BCUT2D eigenvalue weighted by Crippen LogP contribution is -2.33. The van der Waals surface area contributed by atoms with Crippen molar-refractivity contribution >= 4 is 0 Å². The standard InChI is InChI=1S/C14H25N3O/c1-12-10-15-14(16-12)11-17-7-5-13(6-8-17)4-3-9-18-2/h10,13H,3-9,11H2,1-2H3,(H,15,16). The molecule has 1 aliphatic rings. The predicted molar refractivity (Wildman–Crippen MR) is 72.4 cm³/mol. The molecule has 1 saturated heterocycles. The van der Waals surface area contributed by atoms with Crippen molar-refractivity contribution in [3.05, 3.63) is 17.7 Å². The number of hydrogen-bond donors (Lipinski definition) is 1. The molecule has 0 radical (unpaired) electrons. The molecule has 1 aromatic rings. The lowest BCUT2D eigenvalue weighted by Gasteiger charge is -2.31. The van der Waals surface area contributed by atoms with Crippen LogP contribution in [0, 0.1) is 12.8 Å². The Morgan fingerprint density at radius 3 is 2.83 bits per heavy atom. The highest BCUT2D eigenvalue weighted by Gasteiger charge is 2.19. The van der Waals surface area contributed by atoms with Gasteiger partial charge in [-0.3, -0.25) is 4.90 Å². The number of nitrogens with zero attached hydrogens (tertiary/aromatic N) is 2. The number of nitrogens with one attached hydrogen (secondary N) is 1. The first-order valence-corrected chi connectivity index (χ1v) is 6.99. The Morgan fingerprint density at radius 2 is 2.22 bits per heavy atom. The average molecular weight is 251 g/mol. The van der Waals surface area contributed by atoms with Crippen LogP contribution in [0.1, 0.15) is 37.2 Å². The van der Waals surface area contributed by atoms with Crippen LogP contribution in [0.5, 0.6) is 0 Å². The van der Waals surface area contributed by atoms with Crippen molar-refractivity contribution in [3.8, 4) is 0 Å². The Hall–Kier alpha value is -0.870. The first kappa shape index (κ1) is 13.6. The van der Waals surface area contributed by atoms with Crippen molar-refractivity contribution in [3.63, 3.8) is 0 Å². The molecule has 4 nitrogen and oxygen atoms in total. The number of H-pyrrole nitrogens is 1. The van der Waals surface area contributed by atoms with Gasteiger partial charge in [-0.05, 0) is 51.6 Å². The van der Waals surface area contributed by atoms with Gasteiger partial charge in [0.1, 0.15) is 5.82 Å². The SMILES string of the molecule is COCCCC1CCN(Cc2ncc(C)[nH]2)CC1. The summed E-state index contributed by atoms with van der Waals surface area (Å²) in [6, 6.07) is 0. The number of piperidine rings is 1. The van der Waals surface area contributed by atoms with E-state index in [1.165, 1.54) is 38.8 Å². The second kappa shape index (κ2) is 6.90. The summed E-state index contributed by atoms with van der Waals surface area (Å²) in [5.41, 5.74) is 1.15. The molecule has 1 aliphatic heterocycles. The number of rotatable bonds is 6. The second-order valence-corrected chi connectivity index (χ2v) is 5.37. The van der Waals surface area contributed by atoms with E-state index in [0.717, 1.165) is 30.6 Å². The quantitative estimate of drug-likeness (QED) is 0.789. The van der Waals surface area contributed by atoms with Crippen LogP contribution in [0.3, 0.4) is 0 Å². The van der Waals surface area contributed by atoms with E-state index in [0.29, 0.717) is 0 Å². The van der Waals surface area contributed by atoms with E-state index in [1.54, 1.807) is 7.11 Å². The maximum absolute atomic E-state index is 5.11. The van der Waals surface area contributed by atoms with Crippen molar-refractivity contribution < 1.29 is 4.74 Å². The molecule has 1 fully saturated rings. The molecule has 0 amide bonds. The Balaban J connectivity index is 1.67. The smallest absolute Gasteiger partial charge is 0.120 e. The Morgan fingerprint density at radius 1 is 1.44 bits per heavy atom. The average Bonchev–Trinajstić information content (AvgIpc) is 2.77. The number of likely N-dealkylation sites (tertiary alicyclic amines) is 1. The van der Waals surface area contributed by atoms with Gasteiger partial charge in [-0.25, -0.2) is 4.98 Å². The fraction of sp³-hybridized carbons (Fsp3) is 0.786. The molecule has 2 heterocycles. The molecular weight excluding hydrogens is 226 g/mol. The number of imidazole rings is 1.